The highest BCUT2D eigenvalue weighted by molar-refractivity contribution is 5.95. The Kier molecular flexibility index (Phi) is 5.95. The fourth-order valence-electron chi connectivity index (χ4n) is 2.32. The van der Waals surface area contributed by atoms with Gasteiger partial charge in [0.1, 0.15) is 0 Å². The Hall–Kier alpha value is -2.82. The summed E-state index contributed by atoms with van der Waals surface area (Å²) in [6.07, 6.45) is 0. The van der Waals surface area contributed by atoms with Crippen molar-refractivity contribution in [3.8, 4) is 0 Å². The minimum Gasteiger partial charge on any atom is -0.376 e. The molecule has 0 aliphatic carbocycles. The molecule has 2 aromatic carbocycles. The second-order valence-corrected chi connectivity index (χ2v) is 5.83. The number of nitrogens with one attached hydrogen (secondary N) is 2. The molecule has 0 fully saturated rings. The average molecular weight is 325 g/mol. The first kappa shape index (κ1) is 17.5. The van der Waals surface area contributed by atoms with Gasteiger partial charge < -0.3 is 15.5 Å². The van der Waals surface area contributed by atoms with Crippen molar-refractivity contribution in [2.24, 2.45) is 0 Å². The monoisotopic (exact) mass is 325 g/mol. The Bertz CT molecular complexity index is 699. The maximum atomic E-state index is 12.1. The van der Waals surface area contributed by atoms with Crippen molar-refractivity contribution >= 4 is 17.5 Å². The molecule has 0 heterocycles. The summed E-state index contributed by atoms with van der Waals surface area (Å²) < 4.78 is 0. The molecule has 126 valence electrons. The molecule has 24 heavy (non-hydrogen) atoms. The number of hydrogen-bond acceptors (Lipinski definition) is 3. The Morgan fingerprint density at radius 1 is 1.04 bits per heavy atom. The molecule has 0 aromatic heterocycles. The van der Waals surface area contributed by atoms with E-state index in [0.717, 1.165) is 11.3 Å². The molecule has 0 aliphatic heterocycles. The topological polar surface area (TPSA) is 61.4 Å². The number of anilines is 1. The molecule has 2 amide bonds. The molecule has 2 N–H and O–H groups in total. The van der Waals surface area contributed by atoms with Gasteiger partial charge in [0, 0.05) is 25.3 Å². The zero-order valence-corrected chi connectivity index (χ0v) is 14.2. The number of carbonyl (C=O) groups excluding carboxylic acids is 2. The van der Waals surface area contributed by atoms with Gasteiger partial charge in [0.05, 0.1) is 12.6 Å². The van der Waals surface area contributed by atoms with Crippen molar-refractivity contribution in [2.45, 2.75) is 13.0 Å². The quantitative estimate of drug-likeness (QED) is 0.858. The van der Waals surface area contributed by atoms with Crippen LogP contribution in [0.2, 0.25) is 0 Å². The van der Waals surface area contributed by atoms with Crippen molar-refractivity contribution in [2.75, 3.05) is 26.0 Å². The van der Waals surface area contributed by atoms with E-state index in [1.54, 1.807) is 32.3 Å². The summed E-state index contributed by atoms with van der Waals surface area (Å²) >= 11 is 0. The highest BCUT2D eigenvalue weighted by atomic mass is 16.2. The van der Waals surface area contributed by atoms with Gasteiger partial charge in [-0.15, -0.1) is 0 Å². The van der Waals surface area contributed by atoms with Crippen molar-refractivity contribution < 1.29 is 9.59 Å². The Balaban J connectivity index is 1.90. The minimum atomic E-state index is -0.101. The lowest BCUT2D eigenvalue weighted by molar-refractivity contribution is -0.120. The predicted octanol–water partition coefficient (Wildman–Crippen LogP) is 2.68. The van der Waals surface area contributed by atoms with E-state index in [2.05, 4.69) is 10.6 Å². The third kappa shape index (κ3) is 4.84. The highest BCUT2D eigenvalue weighted by Gasteiger charge is 2.10. The summed E-state index contributed by atoms with van der Waals surface area (Å²) in [6, 6.07) is 16.9. The molecule has 5 nitrogen and oxygen atoms in total. The smallest absolute Gasteiger partial charge is 0.253 e. The molecule has 2 aromatic rings. The van der Waals surface area contributed by atoms with Crippen LogP contribution in [0.3, 0.4) is 0 Å². The summed E-state index contributed by atoms with van der Waals surface area (Å²) in [7, 11) is 3.42. The zero-order chi connectivity index (χ0) is 17.5. The molecule has 5 heteroatoms. The van der Waals surface area contributed by atoms with Crippen molar-refractivity contribution in [1.82, 2.24) is 10.2 Å². The number of hydrogen-bond donors (Lipinski definition) is 2. The fraction of sp³-hybridized carbons (Fsp3) is 0.263. The first-order valence-electron chi connectivity index (χ1n) is 7.87. The van der Waals surface area contributed by atoms with Crippen LogP contribution in [-0.2, 0) is 4.79 Å². The lowest BCUT2D eigenvalue weighted by Gasteiger charge is -2.15. The van der Waals surface area contributed by atoms with Crippen LogP contribution in [0, 0.1) is 0 Å². The van der Waals surface area contributed by atoms with Gasteiger partial charge in [-0.05, 0) is 30.7 Å². The molecule has 2 rings (SSSR count). The van der Waals surface area contributed by atoms with Crippen molar-refractivity contribution in [3.63, 3.8) is 0 Å². The third-order valence-corrected chi connectivity index (χ3v) is 3.65. The number of nitrogens with zero attached hydrogens (tertiary/aromatic N) is 1. The average Bonchev–Trinajstić information content (AvgIpc) is 2.60. The summed E-state index contributed by atoms with van der Waals surface area (Å²) in [5, 5.41) is 6.00. The van der Waals surface area contributed by atoms with Crippen LogP contribution in [0.1, 0.15) is 28.9 Å². The summed E-state index contributed by atoms with van der Waals surface area (Å²) in [5.41, 5.74) is 2.39. The van der Waals surface area contributed by atoms with E-state index in [1.807, 2.05) is 43.3 Å². The number of amides is 2. The maximum Gasteiger partial charge on any atom is 0.253 e. The molecule has 1 atom stereocenters. The van der Waals surface area contributed by atoms with E-state index >= 15 is 0 Å². The standard InChI is InChI=1S/C19H23N3O2/c1-14(15-8-5-4-6-9-15)21-18(23)13-20-17-11-7-10-16(12-17)19(24)22(2)3/h4-12,14,20H,13H2,1-3H3,(H,21,23). The normalized spacial score (nSPS) is 11.5. The SMILES string of the molecule is CC(NC(=O)CNc1cccc(C(=O)N(C)C)c1)c1ccccc1. The molecule has 0 radical (unpaired) electrons. The summed E-state index contributed by atoms with van der Waals surface area (Å²) in [4.78, 5) is 25.6. The van der Waals surface area contributed by atoms with E-state index in [-0.39, 0.29) is 24.4 Å². The predicted molar refractivity (Wildman–Crippen MR) is 95.9 cm³/mol. The zero-order valence-electron chi connectivity index (χ0n) is 14.2. The lowest BCUT2D eigenvalue weighted by Crippen LogP contribution is -2.32. The summed E-state index contributed by atoms with van der Waals surface area (Å²) in [5.74, 6) is -0.170. The van der Waals surface area contributed by atoms with E-state index in [1.165, 1.54) is 4.90 Å². The number of carbonyl (C=O) groups is 2. The van der Waals surface area contributed by atoms with Crippen LogP contribution in [0.4, 0.5) is 5.69 Å². The largest absolute Gasteiger partial charge is 0.376 e. The molecular formula is C19H23N3O2. The van der Waals surface area contributed by atoms with Gasteiger partial charge in [0.25, 0.3) is 5.91 Å². The van der Waals surface area contributed by atoms with Gasteiger partial charge in [0.2, 0.25) is 5.91 Å². The third-order valence-electron chi connectivity index (χ3n) is 3.65. The van der Waals surface area contributed by atoms with Crippen LogP contribution in [0.15, 0.2) is 54.6 Å². The number of rotatable bonds is 6. The molecule has 0 saturated carbocycles. The van der Waals surface area contributed by atoms with Crippen molar-refractivity contribution in [3.05, 3.63) is 65.7 Å². The van der Waals surface area contributed by atoms with Crippen LogP contribution in [0.25, 0.3) is 0 Å². The fourth-order valence-corrected chi connectivity index (χ4v) is 2.32. The molecule has 0 spiro atoms. The number of benzene rings is 2. The van der Waals surface area contributed by atoms with Gasteiger partial charge in [-0.3, -0.25) is 9.59 Å². The highest BCUT2D eigenvalue weighted by Crippen LogP contribution is 2.13. The van der Waals surface area contributed by atoms with E-state index in [0.29, 0.717) is 5.56 Å². The minimum absolute atomic E-state index is 0.0536. The molecular weight excluding hydrogens is 302 g/mol. The molecule has 0 saturated heterocycles. The second kappa shape index (κ2) is 8.15. The first-order valence-corrected chi connectivity index (χ1v) is 7.87. The Morgan fingerprint density at radius 2 is 1.75 bits per heavy atom. The van der Waals surface area contributed by atoms with E-state index < -0.39 is 0 Å². The Labute approximate surface area is 142 Å². The second-order valence-electron chi connectivity index (χ2n) is 5.83. The van der Waals surface area contributed by atoms with Gasteiger partial charge in [0.15, 0.2) is 0 Å². The van der Waals surface area contributed by atoms with Gasteiger partial charge in [-0.1, -0.05) is 36.4 Å². The molecule has 0 aliphatic rings. The van der Waals surface area contributed by atoms with Crippen LogP contribution in [-0.4, -0.2) is 37.4 Å². The Morgan fingerprint density at radius 3 is 2.42 bits per heavy atom. The maximum absolute atomic E-state index is 12.1. The molecule has 1 unspecified atom stereocenters. The van der Waals surface area contributed by atoms with Gasteiger partial charge in [-0.25, -0.2) is 0 Å². The summed E-state index contributed by atoms with van der Waals surface area (Å²) in [6.45, 7) is 2.10. The lowest BCUT2D eigenvalue weighted by atomic mass is 10.1. The van der Waals surface area contributed by atoms with E-state index in [4.69, 9.17) is 0 Å². The van der Waals surface area contributed by atoms with Gasteiger partial charge in [-0.2, -0.15) is 0 Å². The van der Waals surface area contributed by atoms with Crippen LogP contribution >= 0.6 is 0 Å². The van der Waals surface area contributed by atoms with Crippen molar-refractivity contribution in [1.29, 1.82) is 0 Å². The molecule has 0 bridgehead atoms. The van der Waals surface area contributed by atoms with Gasteiger partial charge >= 0.3 is 0 Å². The van der Waals surface area contributed by atoms with Crippen LogP contribution < -0.4 is 10.6 Å². The first-order chi connectivity index (χ1) is 11.5. The van der Waals surface area contributed by atoms with E-state index in [9.17, 15) is 9.59 Å². The van der Waals surface area contributed by atoms with Crippen LogP contribution in [0.5, 0.6) is 0 Å².